The van der Waals surface area contributed by atoms with Crippen LogP contribution in [0.4, 0.5) is 0 Å². The van der Waals surface area contributed by atoms with Gasteiger partial charge in [0.1, 0.15) is 0 Å². The molecule has 0 aromatic carbocycles. The van der Waals surface area contributed by atoms with E-state index < -0.39 is 5.60 Å². The zero-order valence-electron chi connectivity index (χ0n) is 10.8. The Labute approximate surface area is 111 Å². The summed E-state index contributed by atoms with van der Waals surface area (Å²) in [5.41, 5.74) is 1.65. The molecule has 96 valence electrons. The van der Waals surface area contributed by atoms with E-state index in [0.29, 0.717) is 12.3 Å². The number of nitrogens with zero attached hydrogens (tertiary/aromatic N) is 2. The van der Waals surface area contributed by atoms with Crippen molar-refractivity contribution >= 4 is 15.9 Å². The van der Waals surface area contributed by atoms with E-state index in [4.69, 9.17) is 0 Å². The highest BCUT2D eigenvalue weighted by Gasteiger charge is 2.41. The van der Waals surface area contributed by atoms with Crippen molar-refractivity contribution in [2.75, 3.05) is 0 Å². The fourth-order valence-corrected chi connectivity index (χ4v) is 3.08. The molecule has 0 aliphatic heterocycles. The van der Waals surface area contributed by atoms with E-state index in [1.54, 1.807) is 0 Å². The van der Waals surface area contributed by atoms with Crippen molar-refractivity contribution in [2.24, 2.45) is 5.92 Å². The molecule has 1 saturated carbocycles. The third-order valence-corrected chi connectivity index (χ3v) is 4.59. The van der Waals surface area contributed by atoms with Gasteiger partial charge in [0.15, 0.2) is 0 Å². The lowest BCUT2D eigenvalue weighted by Crippen LogP contribution is -2.31. The lowest BCUT2D eigenvalue weighted by Gasteiger charge is -2.23. The summed E-state index contributed by atoms with van der Waals surface area (Å²) >= 11 is 3.63. The van der Waals surface area contributed by atoms with Crippen molar-refractivity contribution in [1.29, 1.82) is 0 Å². The van der Waals surface area contributed by atoms with Crippen molar-refractivity contribution in [2.45, 2.75) is 58.6 Å². The molecular formula is C13H21BrN2O. The third-order valence-electron chi connectivity index (χ3n) is 3.68. The molecular weight excluding hydrogens is 280 g/mol. The van der Waals surface area contributed by atoms with E-state index in [1.807, 2.05) is 11.6 Å². The van der Waals surface area contributed by atoms with Gasteiger partial charge in [-0.1, -0.05) is 6.92 Å². The Bertz CT molecular complexity index is 408. The summed E-state index contributed by atoms with van der Waals surface area (Å²) in [6.07, 6.45) is 3.93. The van der Waals surface area contributed by atoms with Gasteiger partial charge < -0.3 is 5.11 Å². The first-order valence-electron chi connectivity index (χ1n) is 6.46. The van der Waals surface area contributed by atoms with Crippen LogP contribution >= 0.6 is 15.9 Å². The zero-order chi connectivity index (χ0) is 12.6. The molecule has 0 spiro atoms. The standard InChI is InChI=1S/C13H21BrN2O/c1-4-10-12(14)11(16(5-2)15-10)8-13(3,17)9-6-7-9/h9,17H,4-8H2,1-3H3. The normalized spacial score (nSPS) is 19.4. The summed E-state index contributed by atoms with van der Waals surface area (Å²) < 4.78 is 3.10. The SMILES string of the molecule is CCc1nn(CC)c(CC(C)(O)C2CC2)c1Br. The quantitative estimate of drug-likeness (QED) is 0.908. The van der Waals surface area contributed by atoms with Crippen molar-refractivity contribution in [3.63, 3.8) is 0 Å². The summed E-state index contributed by atoms with van der Waals surface area (Å²) in [5.74, 6) is 0.472. The highest BCUT2D eigenvalue weighted by molar-refractivity contribution is 9.10. The molecule has 1 aromatic heterocycles. The molecule has 0 radical (unpaired) electrons. The highest BCUT2D eigenvalue weighted by Crippen LogP contribution is 2.42. The maximum Gasteiger partial charge on any atom is 0.0766 e. The fraction of sp³-hybridized carbons (Fsp3) is 0.769. The molecule has 1 fully saturated rings. The lowest BCUT2D eigenvalue weighted by molar-refractivity contribution is 0.0350. The van der Waals surface area contributed by atoms with Crippen LogP contribution in [0.5, 0.6) is 0 Å². The van der Waals surface area contributed by atoms with Crippen LogP contribution in [0.15, 0.2) is 4.47 Å². The first-order valence-corrected chi connectivity index (χ1v) is 7.25. The van der Waals surface area contributed by atoms with Crippen LogP contribution in [-0.2, 0) is 19.4 Å². The van der Waals surface area contributed by atoms with Crippen LogP contribution in [0.3, 0.4) is 0 Å². The van der Waals surface area contributed by atoms with Crippen LogP contribution in [0.2, 0.25) is 0 Å². The molecule has 1 aliphatic carbocycles. The summed E-state index contributed by atoms with van der Waals surface area (Å²) in [5, 5.41) is 15.0. The summed E-state index contributed by atoms with van der Waals surface area (Å²) in [6, 6.07) is 0. The Hall–Kier alpha value is -0.350. The molecule has 2 rings (SSSR count). The van der Waals surface area contributed by atoms with Crippen LogP contribution < -0.4 is 0 Å². The van der Waals surface area contributed by atoms with Gasteiger partial charge in [-0.2, -0.15) is 5.10 Å². The smallest absolute Gasteiger partial charge is 0.0766 e. The number of aromatic nitrogens is 2. The van der Waals surface area contributed by atoms with Gasteiger partial charge in [0.25, 0.3) is 0 Å². The van der Waals surface area contributed by atoms with E-state index in [0.717, 1.165) is 41.7 Å². The number of rotatable bonds is 5. The molecule has 1 heterocycles. The van der Waals surface area contributed by atoms with Gasteiger partial charge in [0.05, 0.1) is 21.5 Å². The second kappa shape index (κ2) is 4.73. The monoisotopic (exact) mass is 300 g/mol. The largest absolute Gasteiger partial charge is 0.389 e. The van der Waals surface area contributed by atoms with Crippen LogP contribution in [-0.4, -0.2) is 20.5 Å². The molecule has 17 heavy (non-hydrogen) atoms. The van der Waals surface area contributed by atoms with E-state index >= 15 is 0 Å². The predicted molar refractivity (Wildman–Crippen MR) is 72.0 cm³/mol. The Morgan fingerprint density at radius 1 is 1.47 bits per heavy atom. The van der Waals surface area contributed by atoms with Crippen molar-refractivity contribution in [3.8, 4) is 0 Å². The molecule has 0 amide bonds. The number of aliphatic hydroxyl groups is 1. The first kappa shape index (κ1) is 13.1. The van der Waals surface area contributed by atoms with Gasteiger partial charge in [0, 0.05) is 13.0 Å². The number of hydrogen-bond donors (Lipinski definition) is 1. The van der Waals surface area contributed by atoms with Gasteiger partial charge in [0.2, 0.25) is 0 Å². The minimum Gasteiger partial charge on any atom is -0.389 e. The second-order valence-electron chi connectivity index (χ2n) is 5.18. The topological polar surface area (TPSA) is 38.0 Å². The van der Waals surface area contributed by atoms with Crippen LogP contribution in [0.25, 0.3) is 0 Å². The van der Waals surface area contributed by atoms with Gasteiger partial charge in [-0.3, -0.25) is 4.68 Å². The summed E-state index contributed by atoms with van der Waals surface area (Å²) in [6.45, 7) is 7.01. The molecule has 3 nitrogen and oxygen atoms in total. The first-order chi connectivity index (χ1) is 7.99. The third kappa shape index (κ3) is 2.58. The van der Waals surface area contributed by atoms with E-state index in [2.05, 4.69) is 34.9 Å². The maximum absolute atomic E-state index is 10.5. The average Bonchev–Trinajstić information content (AvgIpc) is 3.08. The zero-order valence-corrected chi connectivity index (χ0v) is 12.4. The number of halogens is 1. The van der Waals surface area contributed by atoms with Gasteiger partial charge in [-0.25, -0.2) is 0 Å². The summed E-state index contributed by atoms with van der Waals surface area (Å²) in [7, 11) is 0. The fourth-order valence-electron chi connectivity index (χ4n) is 2.37. The van der Waals surface area contributed by atoms with Gasteiger partial charge in [-0.05, 0) is 55.0 Å². The van der Waals surface area contributed by atoms with Crippen molar-refractivity contribution in [1.82, 2.24) is 9.78 Å². The van der Waals surface area contributed by atoms with Gasteiger partial charge in [-0.15, -0.1) is 0 Å². The minimum absolute atomic E-state index is 0.472. The minimum atomic E-state index is -0.583. The van der Waals surface area contributed by atoms with E-state index in [9.17, 15) is 5.11 Å². The number of hydrogen-bond acceptors (Lipinski definition) is 2. The average molecular weight is 301 g/mol. The van der Waals surface area contributed by atoms with E-state index in [-0.39, 0.29) is 0 Å². The molecule has 0 bridgehead atoms. The molecule has 1 aromatic rings. The predicted octanol–water partition coefficient (Wildman–Crippen LogP) is 2.93. The molecule has 1 aliphatic rings. The van der Waals surface area contributed by atoms with Crippen molar-refractivity contribution in [3.05, 3.63) is 15.9 Å². The Morgan fingerprint density at radius 3 is 2.59 bits per heavy atom. The second-order valence-corrected chi connectivity index (χ2v) is 5.98. The Morgan fingerprint density at radius 2 is 2.12 bits per heavy atom. The maximum atomic E-state index is 10.5. The molecule has 4 heteroatoms. The molecule has 1 N–H and O–H groups in total. The molecule has 0 saturated heterocycles. The number of aryl methyl sites for hydroxylation is 2. The molecule has 1 atom stereocenters. The Kier molecular flexibility index (Phi) is 3.64. The van der Waals surface area contributed by atoms with Gasteiger partial charge >= 0.3 is 0 Å². The summed E-state index contributed by atoms with van der Waals surface area (Å²) in [4.78, 5) is 0. The Balaban J connectivity index is 2.27. The van der Waals surface area contributed by atoms with Crippen molar-refractivity contribution < 1.29 is 5.11 Å². The lowest BCUT2D eigenvalue weighted by atomic mass is 9.94. The van der Waals surface area contributed by atoms with Crippen LogP contribution in [0.1, 0.15) is 45.0 Å². The molecule has 1 unspecified atom stereocenters. The highest BCUT2D eigenvalue weighted by atomic mass is 79.9. The van der Waals surface area contributed by atoms with Crippen LogP contribution in [0, 0.1) is 5.92 Å². The van der Waals surface area contributed by atoms with E-state index in [1.165, 1.54) is 0 Å².